The molecule has 3 aromatic rings. The third-order valence-corrected chi connectivity index (χ3v) is 4.49. The number of benzene rings is 3. The number of carbonyl (C=O) groups is 1. The number of rotatable bonds is 7. The molecule has 0 amide bonds. The van der Waals surface area contributed by atoms with Gasteiger partial charge in [-0.1, -0.05) is 73.9 Å². The number of carboxylic acids is 1. The van der Waals surface area contributed by atoms with Gasteiger partial charge in [0.05, 0.1) is 6.42 Å². The van der Waals surface area contributed by atoms with Gasteiger partial charge in [-0.2, -0.15) is 0 Å². The lowest BCUT2D eigenvalue weighted by atomic mass is 10.0. The summed E-state index contributed by atoms with van der Waals surface area (Å²) < 4.78 is 5.88. The molecule has 0 aromatic heterocycles. The first-order valence-corrected chi connectivity index (χ1v) is 9.96. The van der Waals surface area contributed by atoms with Crippen molar-refractivity contribution in [2.75, 3.05) is 0 Å². The predicted octanol–water partition coefficient (Wildman–Crippen LogP) is 5.19. The SMILES string of the molecule is C1CC1.NCc1cccc(-c2cccc(COc3ccccc3CC(=O)O)c2)c1. The van der Waals surface area contributed by atoms with Crippen molar-refractivity contribution in [1.82, 2.24) is 0 Å². The summed E-state index contributed by atoms with van der Waals surface area (Å²) in [6.07, 6.45) is 4.45. The maximum absolute atomic E-state index is 11.0. The third kappa shape index (κ3) is 6.77. The zero-order valence-corrected chi connectivity index (χ0v) is 16.5. The maximum Gasteiger partial charge on any atom is 0.307 e. The van der Waals surface area contributed by atoms with E-state index in [1.165, 1.54) is 19.3 Å². The van der Waals surface area contributed by atoms with E-state index in [1.54, 1.807) is 12.1 Å². The van der Waals surface area contributed by atoms with Crippen LogP contribution in [-0.4, -0.2) is 11.1 Å². The van der Waals surface area contributed by atoms with Gasteiger partial charge < -0.3 is 15.6 Å². The molecule has 1 aliphatic carbocycles. The van der Waals surface area contributed by atoms with Gasteiger partial charge in [-0.3, -0.25) is 4.79 Å². The molecule has 0 radical (unpaired) electrons. The Hall–Kier alpha value is -3.11. The molecular weight excluding hydrogens is 362 g/mol. The largest absolute Gasteiger partial charge is 0.489 e. The molecule has 4 rings (SSSR count). The Morgan fingerprint density at radius 2 is 1.48 bits per heavy atom. The van der Waals surface area contributed by atoms with E-state index in [-0.39, 0.29) is 6.42 Å². The Morgan fingerprint density at radius 3 is 2.10 bits per heavy atom. The molecule has 29 heavy (non-hydrogen) atoms. The molecule has 150 valence electrons. The summed E-state index contributed by atoms with van der Waals surface area (Å²) in [6.45, 7) is 0.887. The Balaban J connectivity index is 0.000000732. The average molecular weight is 389 g/mol. The fourth-order valence-electron chi connectivity index (χ4n) is 2.83. The van der Waals surface area contributed by atoms with Crippen LogP contribution in [0.15, 0.2) is 72.8 Å². The van der Waals surface area contributed by atoms with Crippen LogP contribution in [0, 0.1) is 0 Å². The standard InChI is InChI=1S/C22H21NO3.C3H6/c23-14-16-5-3-8-18(11-16)19-9-4-6-17(12-19)15-26-21-10-2-1-7-20(21)13-22(24)25;1-2-3-1/h1-12H,13-15,23H2,(H,24,25);1-3H2. The molecule has 1 saturated carbocycles. The average Bonchev–Trinajstić information content (AvgIpc) is 3.62. The Bertz CT molecular complexity index is 947. The van der Waals surface area contributed by atoms with Crippen molar-refractivity contribution in [3.63, 3.8) is 0 Å². The second-order valence-electron chi connectivity index (χ2n) is 7.13. The second-order valence-corrected chi connectivity index (χ2v) is 7.13. The summed E-state index contributed by atoms with van der Waals surface area (Å²) in [6, 6.07) is 23.5. The minimum atomic E-state index is -0.872. The number of hydrogen-bond acceptors (Lipinski definition) is 3. The molecule has 3 aromatic carbocycles. The van der Waals surface area contributed by atoms with E-state index in [9.17, 15) is 4.79 Å². The molecule has 3 N–H and O–H groups in total. The number of ether oxygens (including phenoxy) is 1. The smallest absolute Gasteiger partial charge is 0.307 e. The number of nitrogens with two attached hydrogens (primary N) is 1. The van der Waals surface area contributed by atoms with Crippen LogP contribution in [0.1, 0.15) is 36.0 Å². The minimum Gasteiger partial charge on any atom is -0.489 e. The van der Waals surface area contributed by atoms with Crippen LogP contribution in [0.3, 0.4) is 0 Å². The second kappa shape index (κ2) is 10.4. The minimum absolute atomic E-state index is 0.0535. The molecule has 0 unspecified atom stereocenters. The topological polar surface area (TPSA) is 72.5 Å². The summed E-state index contributed by atoms with van der Waals surface area (Å²) in [5, 5.41) is 9.02. The Kier molecular flexibility index (Phi) is 7.42. The summed E-state index contributed by atoms with van der Waals surface area (Å²) in [4.78, 5) is 11.0. The summed E-state index contributed by atoms with van der Waals surface area (Å²) in [7, 11) is 0. The van der Waals surface area contributed by atoms with Gasteiger partial charge >= 0.3 is 5.97 Å². The van der Waals surface area contributed by atoms with Crippen LogP contribution >= 0.6 is 0 Å². The molecular formula is C25H27NO3. The highest BCUT2D eigenvalue weighted by molar-refractivity contribution is 5.71. The number of para-hydroxylation sites is 1. The van der Waals surface area contributed by atoms with E-state index in [4.69, 9.17) is 15.6 Å². The van der Waals surface area contributed by atoms with E-state index >= 15 is 0 Å². The molecule has 0 spiro atoms. The van der Waals surface area contributed by atoms with E-state index in [0.29, 0.717) is 24.5 Å². The third-order valence-electron chi connectivity index (χ3n) is 4.49. The first kappa shape index (κ1) is 20.6. The molecule has 4 nitrogen and oxygen atoms in total. The first-order valence-electron chi connectivity index (χ1n) is 9.96. The van der Waals surface area contributed by atoms with E-state index in [1.807, 2.05) is 36.4 Å². The molecule has 0 heterocycles. The molecule has 0 saturated heterocycles. The van der Waals surface area contributed by atoms with Gasteiger partial charge in [0.2, 0.25) is 0 Å². The van der Waals surface area contributed by atoms with E-state index < -0.39 is 5.97 Å². The van der Waals surface area contributed by atoms with Crippen molar-refractivity contribution >= 4 is 5.97 Å². The number of aliphatic carboxylic acids is 1. The highest BCUT2D eigenvalue weighted by atomic mass is 16.5. The van der Waals surface area contributed by atoms with E-state index in [0.717, 1.165) is 22.3 Å². The van der Waals surface area contributed by atoms with Gasteiger partial charge in [0.15, 0.2) is 0 Å². The van der Waals surface area contributed by atoms with Crippen LogP contribution < -0.4 is 10.5 Å². The van der Waals surface area contributed by atoms with Crippen molar-refractivity contribution in [3.8, 4) is 16.9 Å². The van der Waals surface area contributed by atoms with Gasteiger partial charge in [0, 0.05) is 12.1 Å². The van der Waals surface area contributed by atoms with Crippen LogP contribution in [0.5, 0.6) is 5.75 Å². The lowest BCUT2D eigenvalue weighted by Crippen LogP contribution is -2.04. The fourth-order valence-corrected chi connectivity index (χ4v) is 2.83. The zero-order valence-electron chi connectivity index (χ0n) is 16.5. The quantitative estimate of drug-likeness (QED) is 0.583. The lowest BCUT2D eigenvalue weighted by molar-refractivity contribution is -0.136. The highest BCUT2D eigenvalue weighted by Crippen LogP contribution is 2.24. The first-order chi connectivity index (χ1) is 14.2. The van der Waals surface area contributed by atoms with Crippen molar-refractivity contribution in [3.05, 3.63) is 89.5 Å². The van der Waals surface area contributed by atoms with Crippen molar-refractivity contribution in [2.45, 2.75) is 38.8 Å². The van der Waals surface area contributed by atoms with Crippen LogP contribution in [0.2, 0.25) is 0 Å². The number of hydrogen-bond donors (Lipinski definition) is 2. The fraction of sp³-hybridized carbons (Fsp3) is 0.240. The van der Waals surface area contributed by atoms with Crippen molar-refractivity contribution in [1.29, 1.82) is 0 Å². The van der Waals surface area contributed by atoms with Gasteiger partial charge in [-0.25, -0.2) is 0 Å². The molecule has 0 atom stereocenters. The lowest BCUT2D eigenvalue weighted by Gasteiger charge is -2.11. The van der Waals surface area contributed by atoms with Gasteiger partial charge in [-0.05, 0) is 40.5 Å². The maximum atomic E-state index is 11.0. The molecule has 1 fully saturated rings. The number of carboxylic acid groups (broad SMARTS) is 1. The van der Waals surface area contributed by atoms with Gasteiger partial charge in [-0.15, -0.1) is 0 Å². The molecule has 0 aliphatic heterocycles. The van der Waals surface area contributed by atoms with Gasteiger partial charge in [0.1, 0.15) is 12.4 Å². The van der Waals surface area contributed by atoms with Crippen LogP contribution in [0.25, 0.3) is 11.1 Å². The van der Waals surface area contributed by atoms with Crippen LogP contribution in [0.4, 0.5) is 0 Å². The summed E-state index contributed by atoms with van der Waals surface area (Å²) >= 11 is 0. The molecule has 1 aliphatic rings. The Morgan fingerprint density at radius 1 is 0.862 bits per heavy atom. The monoisotopic (exact) mass is 389 g/mol. The van der Waals surface area contributed by atoms with Crippen LogP contribution in [-0.2, 0) is 24.4 Å². The van der Waals surface area contributed by atoms with Crippen molar-refractivity contribution in [2.24, 2.45) is 5.73 Å². The van der Waals surface area contributed by atoms with Crippen molar-refractivity contribution < 1.29 is 14.6 Å². The Labute approximate surface area is 172 Å². The highest BCUT2D eigenvalue weighted by Gasteiger charge is 2.08. The zero-order chi connectivity index (χ0) is 20.5. The molecule has 0 bridgehead atoms. The predicted molar refractivity (Wildman–Crippen MR) is 116 cm³/mol. The summed E-state index contributed by atoms with van der Waals surface area (Å²) in [5.41, 5.74) is 10.7. The molecule has 4 heteroatoms. The summed E-state index contributed by atoms with van der Waals surface area (Å²) in [5.74, 6) is -0.270. The van der Waals surface area contributed by atoms with Gasteiger partial charge in [0.25, 0.3) is 0 Å². The normalized spacial score (nSPS) is 11.9. The van der Waals surface area contributed by atoms with E-state index in [2.05, 4.69) is 24.3 Å².